The molecular weight excluding hydrogens is 464 g/mol. The summed E-state index contributed by atoms with van der Waals surface area (Å²) in [5.41, 5.74) is -2.17. The fourth-order valence-electron chi connectivity index (χ4n) is 7.68. The average Bonchev–Trinajstić information content (AvgIpc) is 3.53. The van der Waals surface area contributed by atoms with E-state index in [-0.39, 0.29) is 42.7 Å². The van der Waals surface area contributed by atoms with E-state index in [2.05, 4.69) is 6.92 Å². The zero-order chi connectivity index (χ0) is 26.1. The van der Waals surface area contributed by atoms with Crippen molar-refractivity contribution >= 4 is 17.9 Å². The molecule has 8 nitrogen and oxygen atoms in total. The second kappa shape index (κ2) is 8.55. The van der Waals surface area contributed by atoms with Gasteiger partial charge in [0.05, 0.1) is 18.9 Å². The lowest BCUT2D eigenvalue weighted by Gasteiger charge is -2.65. The molecule has 0 bridgehead atoms. The summed E-state index contributed by atoms with van der Waals surface area (Å²) in [7, 11) is 0. The fraction of sp³-hybridized carbons (Fsp3) is 0.821. The predicted octanol–water partition coefficient (Wildman–Crippen LogP) is 3.89. The molecule has 2 aliphatic carbocycles. The van der Waals surface area contributed by atoms with Crippen molar-refractivity contribution in [2.24, 2.45) is 23.2 Å². The van der Waals surface area contributed by atoms with E-state index in [1.54, 1.807) is 33.8 Å². The molecular formula is C28H40O8. The van der Waals surface area contributed by atoms with Crippen LogP contribution in [0.1, 0.15) is 80.1 Å². The first-order valence-corrected chi connectivity index (χ1v) is 13.5. The van der Waals surface area contributed by atoms with E-state index >= 15 is 0 Å². The summed E-state index contributed by atoms with van der Waals surface area (Å²) in [4.78, 5) is 38.5. The SMILES string of the molecule is C/C=C(\C)C(=O)O[C@H]1[C@H](OC(=O)C(C)C)C2(C)OC3(CCC2C2CCCC4(CO4)C21C)COC(=O)C3. The molecule has 0 radical (unpaired) electrons. The van der Waals surface area contributed by atoms with Crippen LogP contribution in [0, 0.1) is 23.2 Å². The van der Waals surface area contributed by atoms with Crippen LogP contribution in [-0.4, -0.2) is 60.1 Å². The molecule has 6 unspecified atom stereocenters. The molecule has 0 amide bonds. The second-order valence-corrected chi connectivity index (χ2v) is 12.3. The largest absolute Gasteiger partial charge is 0.463 e. The number of rotatable bonds is 4. The zero-order valence-electron chi connectivity index (χ0n) is 22.4. The molecule has 8 atom stereocenters. The van der Waals surface area contributed by atoms with E-state index in [0.29, 0.717) is 18.6 Å². The number of allylic oxidation sites excluding steroid dienone is 1. The summed E-state index contributed by atoms with van der Waals surface area (Å²) < 4.78 is 31.0. The third-order valence-electron chi connectivity index (χ3n) is 10.0. The highest BCUT2D eigenvalue weighted by Crippen LogP contribution is 2.68. The van der Waals surface area contributed by atoms with Crippen LogP contribution in [0.2, 0.25) is 0 Å². The van der Waals surface area contributed by atoms with Gasteiger partial charge in [-0.05, 0) is 58.3 Å². The standard InChI is InChI=1S/C28H40O8/c1-7-17(4)24(31)34-21-22(35-23(30)16(2)3)26(6)19(10-12-27(36-26)13-20(29)32-14-27)18-9-8-11-28(15-33-28)25(18,21)5/h7,16,18-19,21-22H,8-15H2,1-6H3/b17-7+/t18?,19?,21-,22-,25?,26?,27?,28?/m0/s1. The van der Waals surface area contributed by atoms with Gasteiger partial charge in [0.1, 0.15) is 23.4 Å². The molecule has 0 aromatic heterocycles. The third-order valence-corrected chi connectivity index (χ3v) is 10.0. The molecule has 5 rings (SSSR count). The van der Waals surface area contributed by atoms with E-state index in [1.165, 1.54) is 0 Å². The molecule has 2 saturated carbocycles. The topological polar surface area (TPSA) is 101 Å². The van der Waals surface area contributed by atoms with Gasteiger partial charge in [0.15, 0.2) is 12.2 Å². The molecule has 3 heterocycles. The molecule has 0 aromatic rings. The van der Waals surface area contributed by atoms with E-state index < -0.39 is 40.4 Å². The minimum Gasteiger partial charge on any atom is -0.463 e. The van der Waals surface area contributed by atoms with Gasteiger partial charge in [0, 0.05) is 11.0 Å². The Morgan fingerprint density at radius 1 is 1.06 bits per heavy atom. The monoisotopic (exact) mass is 504 g/mol. The fourth-order valence-corrected chi connectivity index (χ4v) is 7.68. The van der Waals surface area contributed by atoms with Crippen molar-refractivity contribution in [2.45, 2.75) is 109 Å². The maximum Gasteiger partial charge on any atom is 0.333 e. The molecule has 36 heavy (non-hydrogen) atoms. The number of ether oxygens (including phenoxy) is 5. The van der Waals surface area contributed by atoms with Gasteiger partial charge in [0.2, 0.25) is 0 Å². The van der Waals surface area contributed by atoms with Crippen LogP contribution in [0.15, 0.2) is 11.6 Å². The first-order chi connectivity index (χ1) is 16.9. The van der Waals surface area contributed by atoms with Gasteiger partial charge in [-0.25, -0.2) is 4.79 Å². The molecule has 5 aliphatic rings. The van der Waals surface area contributed by atoms with Crippen molar-refractivity contribution in [3.8, 4) is 0 Å². The van der Waals surface area contributed by atoms with Crippen LogP contribution in [0.4, 0.5) is 0 Å². The molecule has 2 spiro atoms. The lowest BCUT2D eigenvalue weighted by Crippen LogP contribution is -2.75. The molecule has 0 N–H and O–H groups in total. The summed E-state index contributed by atoms with van der Waals surface area (Å²) in [6.45, 7) is 12.1. The predicted molar refractivity (Wildman–Crippen MR) is 129 cm³/mol. The lowest BCUT2D eigenvalue weighted by atomic mass is 9.45. The summed E-state index contributed by atoms with van der Waals surface area (Å²) in [6, 6.07) is 0. The zero-order valence-corrected chi connectivity index (χ0v) is 22.4. The minimum absolute atomic E-state index is 0.0490. The van der Waals surface area contributed by atoms with Gasteiger partial charge >= 0.3 is 17.9 Å². The number of cyclic esters (lactones) is 1. The number of carbonyl (C=O) groups excluding carboxylic acids is 3. The maximum absolute atomic E-state index is 13.2. The van der Waals surface area contributed by atoms with Crippen molar-refractivity contribution < 1.29 is 38.1 Å². The van der Waals surface area contributed by atoms with Crippen molar-refractivity contribution in [3.05, 3.63) is 11.6 Å². The number of epoxide rings is 1. The molecule has 8 heteroatoms. The van der Waals surface area contributed by atoms with Gasteiger partial charge in [-0.1, -0.05) is 33.3 Å². The Morgan fingerprint density at radius 3 is 2.36 bits per heavy atom. The van der Waals surface area contributed by atoms with E-state index in [9.17, 15) is 14.4 Å². The molecule has 5 fully saturated rings. The average molecular weight is 505 g/mol. The number of esters is 3. The first kappa shape index (κ1) is 25.7. The maximum atomic E-state index is 13.2. The van der Waals surface area contributed by atoms with E-state index in [4.69, 9.17) is 23.7 Å². The highest BCUT2D eigenvalue weighted by Gasteiger charge is 2.77. The van der Waals surface area contributed by atoms with Crippen molar-refractivity contribution in [1.82, 2.24) is 0 Å². The normalized spacial score (nSPS) is 45.8. The third kappa shape index (κ3) is 3.65. The number of hydrogen-bond donors (Lipinski definition) is 0. The Balaban J connectivity index is 1.64. The van der Waals surface area contributed by atoms with Gasteiger partial charge in [0.25, 0.3) is 0 Å². The minimum atomic E-state index is -0.955. The molecule has 3 aliphatic heterocycles. The van der Waals surface area contributed by atoms with Gasteiger partial charge < -0.3 is 23.7 Å². The number of hydrogen-bond acceptors (Lipinski definition) is 8. The molecule has 0 aromatic carbocycles. The molecule has 3 saturated heterocycles. The summed E-state index contributed by atoms with van der Waals surface area (Å²) in [6.07, 6.45) is 4.67. The van der Waals surface area contributed by atoms with Crippen molar-refractivity contribution in [2.75, 3.05) is 13.2 Å². The Morgan fingerprint density at radius 2 is 1.78 bits per heavy atom. The van der Waals surface area contributed by atoms with Crippen LogP contribution >= 0.6 is 0 Å². The quantitative estimate of drug-likeness (QED) is 0.246. The van der Waals surface area contributed by atoms with Crippen LogP contribution < -0.4 is 0 Å². The van der Waals surface area contributed by atoms with Crippen LogP contribution in [0.25, 0.3) is 0 Å². The Bertz CT molecular complexity index is 982. The van der Waals surface area contributed by atoms with Gasteiger partial charge in [-0.3, -0.25) is 9.59 Å². The Kier molecular flexibility index (Phi) is 6.11. The first-order valence-electron chi connectivity index (χ1n) is 13.5. The number of fused-ring (bicyclic) bond motifs is 4. The Hall–Kier alpha value is -1.93. The Labute approximate surface area is 213 Å². The smallest absolute Gasteiger partial charge is 0.333 e. The van der Waals surface area contributed by atoms with E-state index in [1.807, 2.05) is 6.92 Å². The summed E-state index contributed by atoms with van der Waals surface area (Å²) in [5, 5.41) is 0. The summed E-state index contributed by atoms with van der Waals surface area (Å²) >= 11 is 0. The highest BCUT2D eigenvalue weighted by atomic mass is 16.6. The van der Waals surface area contributed by atoms with Crippen molar-refractivity contribution in [3.63, 3.8) is 0 Å². The van der Waals surface area contributed by atoms with Gasteiger partial charge in [-0.2, -0.15) is 0 Å². The van der Waals surface area contributed by atoms with E-state index in [0.717, 1.165) is 25.7 Å². The van der Waals surface area contributed by atoms with Crippen LogP contribution in [0.3, 0.4) is 0 Å². The van der Waals surface area contributed by atoms with Gasteiger partial charge in [-0.15, -0.1) is 0 Å². The summed E-state index contributed by atoms with van der Waals surface area (Å²) in [5.74, 6) is -1.24. The highest BCUT2D eigenvalue weighted by molar-refractivity contribution is 5.88. The second-order valence-electron chi connectivity index (χ2n) is 12.3. The van der Waals surface area contributed by atoms with Crippen LogP contribution in [0.5, 0.6) is 0 Å². The lowest BCUT2D eigenvalue weighted by molar-refractivity contribution is -0.326. The van der Waals surface area contributed by atoms with Crippen molar-refractivity contribution in [1.29, 1.82) is 0 Å². The number of carbonyl (C=O) groups is 3. The van der Waals surface area contributed by atoms with Crippen LogP contribution in [-0.2, 0) is 38.1 Å². The molecule has 200 valence electrons.